The summed E-state index contributed by atoms with van der Waals surface area (Å²) in [5.74, 6) is -0.387. The molecule has 0 aromatic carbocycles. The Labute approximate surface area is 156 Å². The lowest BCUT2D eigenvalue weighted by Gasteiger charge is -2.22. The molecule has 0 spiro atoms. The molecule has 27 heavy (non-hydrogen) atoms. The molecule has 1 aliphatic rings. The number of rotatable bonds is 5. The lowest BCUT2D eigenvalue weighted by atomic mass is 9.89. The van der Waals surface area contributed by atoms with Gasteiger partial charge in [0.25, 0.3) is 11.5 Å². The fourth-order valence-corrected chi connectivity index (χ4v) is 3.49. The largest absolute Gasteiger partial charge is 0.449 e. The van der Waals surface area contributed by atoms with Gasteiger partial charge >= 0.3 is 5.97 Å². The third-order valence-electron chi connectivity index (χ3n) is 5.09. The van der Waals surface area contributed by atoms with Gasteiger partial charge in [0, 0.05) is 13.6 Å². The summed E-state index contributed by atoms with van der Waals surface area (Å²) >= 11 is 0. The molecule has 8 nitrogen and oxygen atoms in total. The van der Waals surface area contributed by atoms with Gasteiger partial charge in [0.1, 0.15) is 23.0 Å². The molecular formula is C19H25N3O5. The lowest BCUT2D eigenvalue weighted by Crippen LogP contribution is -2.38. The summed E-state index contributed by atoms with van der Waals surface area (Å²) in [4.78, 5) is 41.2. The molecule has 1 amide bonds. The van der Waals surface area contributed by atoms with Crippen LogP contribution in [0.2, 0.25) is 0 Å². The smallest absolute Gasteiger partial charge is 0.343 e. The summed E-state index contributed by atoms with van der Waals surface area (Å²) in [6.45, 7) is 3.67. The van der Waals surface area contributed by atoms with Crippen LogP contribution in [0.3, 0.4) is 0 Å². The second kappa shape index (κ2) is 7.94. The van der Waals surface area contributed by atoms with Crippen molar-refractivity contribution in [2.45, 2.75) is 52.1 Å². The van der Waals surface area contributed by atoms with Gasteiger partial charge in [-0.3, -0.25) is 9.59 Å². The highest BCUT2D eigenvalue weighted by Gasteiger charge is 2.27. The van der Waals surface area contributed by atoms with E-state index in [0.29, 0.717) is 12.5 Å². The summed E-state index contributed by atoms with van der Waals surface area (Å²) in [6, 6.07) is 0. The Morgan fingerprint density at radius 1 is 1.37 bits per heavy atom. The number of aryl methyl sites for hydroxylation is 2. The summed E-state index contributed by atoms with van der Waals surface area (Å²) in [5.41, 5.74) is -0.305. The zero-order valence-corrected chi connectivity index (χ0v) is 15.9. The predicted molar refractivity (Wildman–Crippen MR) is 98.4 cm³/mol. The molecule has 1 saturated carbocycles. The predicted octanol–water partition coefficient (Wildman–Crippen LogP) is 2.08. The van der Waals surface area contributed by atoms with E-state index in [1.54, 1.807) is 6.92 Å². The topological polar surface area (TPSA) is 103 Å². The van der Waals surface area contributed by atoms with Gasteiger partial charge in [0.15, 0.2) is 6.10 Å². The number of esters is 1. The molecular weight excluding hydrogens is 350 g/mol. The highest BCUT2D eigenvalue weighted by atomic mass is 16.5. The summed E-state index contributed by atoms with van der Waals surface area (Å²) in [6.07, 6.45) is 6.23. The lowest BCUT2D eigenvalue weighted by molar-refractivity contribution is -0.129. The molecule has 0 saturated heterocycles. The van der Waals surface area contributed by atoms with E-state index in [0.717, 1.165) is 12.8 Å². The number of nitrogens with one attached hydrogen (secondary N) is 1. The molecule has 1 atom stereocenters. The molecule has 1 unspecified atom stereocenters. The minimum atomic E-state index is -0.967. The number of furan rings is 1. The maximum absolute atomic E-state index is 12.6. The normalized spacial score (nSPS) is 16.3. The Morgan fingerprint density at radius 2 is 2.07 bits per heavy atom. The molecule has 3 rings (SSSR count). The minimum absolute atomic E-state index is 0.0191. The summed E-state index contributed by atoms with van der Waals surface area (Å²) < 4.78 is 12.0. The zero-order valence-electron chi connectivity index (χ0n) is 15.9. The van der Waals surface area contributed by atoms with Crippen LogP contribution >= 0.6 is 0 Å². The number of aromatic nitrogens is 2. The number of carbonyl (C=O) groups excluding carboxylic acids is 2. The molecule has 2 aromatic rings. The van der Waals surface area contributed by atoms with Gasteiger partial charge in [0.05, 0.1) is 0 Å². The highest BCUT2D eigenvalue weighted by Crippen LogP contribution is 2.23. The fraction of sp³-hybridized carbons (Fsp3) is 0.579. The molecule has 1 fully saturated rings. The highest BCUT2D eigenvalue weighted by molar-refractivity contribution is 6.04. The maximum atomic E-state index is 12.6. The Bertz CT molecular complexity index is 908. The molecule has 2 aromatic heterocycles. The van der Waals surface area contributed by atoms with Crippen molar-refractivity contribution in [3.8, 4) is 0 Å². The van der Waals surface area contributed by atoms with Crippen molar-refractivity contribution in [2.75, 3.05) is 6.54 Å². The summed E-state index contributed by atoms with van der Waals surface area (Å²) in [5, 5.41) is 2.92. The third-order valence-corrected chi connectivity index (χ3v) is 5.09. The molecule has 2 heterocycles. The van der Waals surface area contributed by atoms with E-state index in [1.165, 1.54) is 44.1 Å². The first-order chi connectivity index (χ1) is 12.9. The van der Waals surface area contributed by atoms with Crippen molar-refractivity contribution in [3.05, 3.63) is 28.0 Å². The van der Waals surface area contributed by atoms with E-state index in [1.807, 2.05) is 0 Å². The zero-order chi connectivity index (χ0) is 19.6. The van der Waals surface area contributed by atoms with Crippen LogP contribution in [0.5, 0.6) is 0 Å². The summed E-state index contributed by atoms with van der Waals surface area (Å²) in [7, 11) is 1.54. The number of hydrogen-bond acceptors (Lipinski definition) is 6. The van der Waals surface area contributed by atoms with Crippen LogP contribution in [0, 0.1) is 12.8 Å². The first-order valence-electron chi connectivity index (χ1n) is 9.32. The monoisotopic (exact) mass is 375 g/mol. The van der Waals surface area contributed by atoms with Crippen molar-refractivity contribution >= 4 is 23.0 Å². The fourth-order valence-electron chi connectivity index (χ4n) is 3.49. The van der Waals surface area contributed by atoms with Gasteiger partial charge in [0.2, 0.25) is 5.71 Å². The SMILES string of the molecule is Cc1oc2ncn(C)c(=O)c2c1C(=O)OC(C)C(=O)NCC1CCCCC1. The Hall–Kier alpha value is -2.64. The Morgan fingerprint density at radius 3 is 2.78 bits per heavy atom. The number of nitrogens with zero attached hydrogens (tertiary/aromatic N) is 2. The molecule has 1 N–H and O–H groups in total. The van der Waals surface area contributed by atoms with Crippen LogP contribution in [0.25, 0.3) is 11.1 Å². The van der Waals surface area contributed by atoms with Crippen molar-refractivity contribution in [3.63, 3.8) is 0 Å². The average molecular weight is 375 g/mol. The Balaban J connectivity index is 1.68. The number of ether oxygens (including phenoxy) is 1. The van der Waals surface area contributed by atoms with Crippen LogP contribution in [0.1, 0.15) is 55.1 Å². The van der Waals surface area contributed by atoms with Crippen LogP contribution in [-0.2, 0) is 16.6 Å². The number of fused-ring (bicyclic) bond motifs is 1. The van der Waals surface area contributed by atoms with Gasteiger partial charge in [-0.1, -0.05) is 19.3 Å². The number of amides is 1. The van der Waals surface area contributed by atoms with E-state index in [2.05, 4.69) is 10.3 Å². The second-order valence-corrected chi connectivity index (χ2v) is 7.17. The van der Waals surface area contributed by atoms with Gasteiger partial charge in [-0.2, -0.15) is 0 Å². The van der Waals surface area contributed by atoms with Gasteiger partial charge in [-0.15, -0.1) is 0 Å². The van der Waals surface area contributed by atoms with Crippen LogP contribution < -0.4 is 10.9 Å². The van der Waals surface area contributed by atoms with Crippen molar-refractivity contribution in [2.24, 2.45) is 13.0 Å². The van der Waals surface area contributed by atoms with Crippen molar-refractivity contribution in [1.29, 1.82) is 0 Å². The molecule has 8 heteroatoms. The molecule has 0 bridgehead atoms. The minimum Gasteiger partial charge on any atom is -0.449 e. The van der Waals surface area contributed by atoms with E-state index in [4.69, 9.17) is 9.15 Å². The number of hydrogen-bond donors (Lipinski definition) is 1. The van der Waals surface area contributed by atoms with Gasteiger partial charge < -0.3 is 19.0 Å². The van der Waals surface area contributed by atoms with E-state index < -0.39 is 17.6 Å². The van der Waals surface area contributed by atoms with Gasteiger partial charge in [-0.05, 0) is 32.6 Å². The average Bonchev–Trinajstić information content (AvgIpc) is 3.00. The standard InChI is InChI=1S/C19H25N3O5/c1-11-14(15-17(26-11)21-10-22(3)18(15)24)19(25)27-12(2)16(23)20-9-13-7-5-4-6-8-13/h10,12-13H,4-9H2,1-3H3,(H,20,23). The molecule has 1 aliphatic carbocycles. The maximum Gasteiger partial charge on any atom is 0.343 e. The second-order valence-electron chi connectivity index (χ2n) is 7.17. The van der Waals surface area contributed by atoms with E-state index in [9.17, 15) is 14.4 Å². The molecule has 0 aliphatic heterocycles. The van der Waals surface area contributed by atoms with Crippen molar-refractivity contribution < 1.29 is 18.7 Å². The number of carbonyl (C=O) groups is 2. The first-order valence-corrected chi connectivity index (χ1v) is 9.32. The quantitative estimate of drug-likeness (QED) is 0.803. The van der Waals surface area contributed by atoms with Gasteiger partial charge in [-0.25, -0.2) is 9.78 Å². The third kappa shape index (κ3) is 4.04. The molecule has 0 radical (unpaired) electrons. The van der Waals surface area contributed by atoms with E-state index in [-0.39, 0.29) is 28.3 Å². The first kappa shape index (κ1) is 19.1. The van der Waals surface area contributed by atoms with Crippen LogP contribution in [0.15, 0.2) is 15.5 Å². The Kier molecular flexibility index (Phi) is 5.62. The molecule has 146 valence electrons. The van der Waals surface area contributed by atoms with Crippen LogP contribution in [0.4, 0.5) is 0 Å². The van der Waals surface area contributed by atoms with Crippen LogP contribution in [-0.4, -0.2) is 34.1 Å². The van der Waals surface area contributed by atoms with E-state index >= 15 is 0 Å². The van der Waals surface area contributed by atoms with Crippen molar-refractivity contribution in [1.82, 2.24) is 14.9 Å².